The molecule has 0 saturated carbocycles. The van der Waals surface area contributed by atoms with Gasteiger partial charge in [0.1, 0.15) is 0 Å². The van der Waals surface area contributed by atoms with Crippen molar-refractivity contribution in [3.8, 4) is 0 Å². The lowest BCUT2D eigenvalue weighted by atomic mass is 9.96. The van der Waals surface area contributed by atoms with Gasteiger partial charge in [0.15, 0.2) is 5.82 Å². The zero-order valence-corrected chi connectivity index (χ0v) is 15.5. The maximum atomic E-state index is 6.11. The Morgan fingerprint density at radius 1 is 1.00 bits per heavy atom. The van der Waals surface area contributed by atoms with Crippen LogP contribution in [0.5, 0.6) is 0 Å². The number of rotatable bonds is 2. The molecular formula is C22H17ClN4. The third-order valence-electron chi connectivity index (χ3n) is 4.81. The van der Waals surface area contributed by atoms with Crippen molar-refractivity contribution in [2.45, 2.75) is 6.04 Å². The topological polar surface area (TPSA) is 33.4 Å². The van der Waals surface area contributed by atoms with E-state index < -0.39 is 0 Å². The zero-order valence-electron chi connectivity index (χ0n) is 14.7. The van der Waals surface area contributed by atoms with E-state index in [0.29, 0.717) is 5.02 Å². The highest BCUT2D eigenvalue weighted by atomic mass is 35.5. The second kappa shape index (κ2) is 6.25. The Bertz CT molecular complexity index is 1090. The Hall–Kier alpha value is -3.11. The third-order valence-corrected chi connectivity index (χ3v) is 5.06. The number of hydrogen-bond acceptors (Lipinski definition) is 3. The first-order chi connectivity index (χ1) is 13.2. The average molecular weight is 373 g/mol. The first-order valence-corrected chi connectivity index (χ1v) is 9.18. The molecule has 0 saturated heterocycles. The molecule has 0 amide bonds. The molecule has 0 fully saturated rings. The molecule has 4 nitrogen and oxygen atoms in total. The molecule has 3 heterocycles. The van der Waals surface area contributed by atoms with Crippen molar-refractivity contribution in [1.29, 1.82) is 0 Å². The van der Waals surface area contributed by atoms with Gasteiger partial charge in [-0.3, -0.25) is 14.6 Å². The molecule has 0 bridgehead atoms. The number of aryl methyl sites for hydroxylation is 1. The predicted octanol–water partition coefficient (Wildman–Crippen LogP) is 5.32. The van der Waals surface area contributed by atoms with E-state index in [1.807, 2.05) is 66.6 Å². The van der Waals surface area contributed by atoms with Gasteiger partial charge in [-0.05, 0) is 42.0 Å². The summed E-state index contributed by atoms with van der Waals surface area (Å²) in [6.07, 6.45) is 8.34. The number of aromatic nitrogens is 2. The van der Waals surface area contributed by atoms with Crippen molar-refractivity contribution in [2.24, 2.45) is 12.0 Å². The molecule has 1 aromatic heterocycles. The molecule has 0 aliphatic carbocycles. The van der Waals surface area contributed by atoms with Crippen LogP contribution in [0.25, 0.3) is 6.08 Å². The summed E-state index contributed by atoms with van der Waals surface area (Å²) >= 11 is 6.11. The van der Waals surface area contributed by atoms with E-state index in [2.05, 4.69) is 29.2 Å². The number of dihydropyridines is 1. The van der Waals surface area contributed by atoms with Crippen LogP contribution in [0, 0.1) is 0 Å². The van der Waals surface area contributed by atoms with Crippen LogP contribution in [0.4, 0.5) is 11.5 Å². The van der Waals surface area contributed by atoms with Crippen LogP contribution in [-0.2, 0) is 7.05 Å². The van der Waals surface area contributed by atoms with Crippen LogP contribution in [0.2, 0.25) is 5.02 Å². The largest absolute Gasteiger partial charge is 0.293 e. The number of fused-ring (bicyclic) bond motifs is 2. The van der Waals surface area contributed by atoms with Gasteiger partial charge in [0.05, 0.1) is 11.7 Å². The number of hydrogen-bond donors (Lipinski definition) is 0. The first-order valence-electron chi connectivity index (χ1n) is 8.80. The quantitative estimate of drug-likeness (QED) is 0.610. The molecule has 1 unspecified atom stereocenters. The highest BCUT2D eigenvalue weighted by molar-refractivity contribution is 6.30. The van der Waals surface area contributed by atoms with Gasteiger partial charge in [-0.25, -0.2) is 0 Å². The average Bonchev–Trinajstić information content (AvgIpc) is 3.07. The van der Waals surface area contributed by atoms with Crippen LogP contribution in [0.1, 0.15) is 17.2 Å². The fourth-order valence-corrected chi connectivity index (χ4v) is 3.69. The molecule has 1 atom stereocenters. The van der Waals surface area contributed by atoms with Crippen molar-refractivity contribution in [3.63, 3.8) is 0 Å². The Morgan fingerprint density at radius 2 is 1.78 bits per heavy atom. The highest BCUT2D eigenvalue weighted by Crippen LogP contribution is 2.42. The summed E-state index contributed by atoms with van der Waals surface area (Å²) in [5.74, 6) is 0.914. The molecule has 0 radical (unpaired) electrons. The van der Waals surface area contributed by atoms with Crippen molar-refractivity contribution in [2.75, 3.05) is 4.90 Å². The Morgan fingerprint density at radius 3 is 2.56 bits per heavy atom. The van der Waals surface area contributed by atoms with Gasteiger partial charge < -0.3 is 0 Å². The van der Waals surface area contributed by atoms with Crippen molar-refractivity contribution in [3.05, 3.63) is 94.3 Å². The fourth-order valence-electron chi connectivity index (χ4n) is 3.57. The fraction of sp³-hybridized carbons (Fsp3) is 0.0909. The molecule has 3 aromatic rings. The molecule has 2 aromatic carbocycles. The van der Waals surface area contributed by atoms with Gasteiger partial charge in [0.25, 0.3) is 0 Å². The monoisotopic (exact) mass is 372 g/mol. The molecule has 27 heavy (non-hydrogen) atoms. The third kappa shape index (κ3) is 2.78. The SMILES string of the molecule is Cn1cc2c(n1)N(c1ccc(Cl)cc1)C1=CC(c3ccccc3)N=CC1=C2. The molecule has 132 valence electrons. The van der Waals surface area contributed by atoms with Crippen LogP contribution < -0.4 is 4.90 Å². The van der Waals surface area contributed by atoms with Gasteiger partial charge in [0, 0.05) is 41.3 Å². The summed E-state index contributed by atoms with van der Waals surface area (Å²) in [4.78, 5) is 6.94. The van der Waals surface area contributed by atoms with Crippen LogP contribution in [0.15, 0.2) is 83.1 Å². The lowest BCUT2D eigenvalue weighted by Gasteiger charge is -2.32. The minimum absolute atomic E-state index is 0.0154. The molecule has 5 rings (SSSR count). The summed E-state index contributed by atoms with van der Waals surface area (Å²) in [6.45, 7) is 0. The van der Waals surface area contributed by atoms with Gasteiger partial charge in [-0.1, -0.05) is 41.9 Å². The molecule has 0 N–H and O–H groups in total. The maximum absolute atomic E-state index is 6.11. The van der Waals surface area contributed by atoms with Crippen LogP contribution in [0.3, 0.4) is 0 Å². The number of halogens is 1. The second-order valence-electron chi connectivity index (χ2n) is 6.68. The van der Waals surface area contributed by atoms with Crippen molar-refractivity contribution >= 4 is 35.4 Å². The van der Waals surface area contributed by atoms with E-state index >= 15 is 0 Å². The van der Waals surface area contributed by atoms with Crippen LogP contribution >= 0.6 is 11.6 Å². The number of nitrogens with zero attached hydrogens (tertiary/aromatic N) is 4. The molecule has 2 aliphatic rings. The van der Waals surface area contributed by atoms with Gasteiger partial charge in [-0.2, -0.15) is 5.10 Å². The smallest absolute Gasteiger partial charge is 0.166 e. The van der Waals surface area contributed by atoms with E-state index in [0.717, 1.165) is 28.3 Å². The lowest BCUT2D eigenvalue weighted by Crippen LogP contribution is -2.25. The number of aliphatic imine (C=N–C) groups is 1. The van der Waals surface area contributed by atoms with Crippen LogP contribution in [-0.4, -0.2) is 16.0 Å². The first kappa shape index (κ1) is 16.1. The molecule has 0 spiro atoms. The Kier molecular flexibility index (Phi) is 3.73. The van der Waals surface area contributed by atoms with E-state index in [1.165, 1.54) is 5.56 Å². The summed E-state index contributed by atoms with van der Waals surface area (Å²) < 4.78 is 1.84. The standard InChI is InChI=1S/C22H17ClN4/c1-26-14-17-11-16-13-24-20(15-5-3-2-4-6-15)12-21(16)27(22(17)25-26)19-9-7-18(23)8-10-19/h2-14,20H,1H3. The maximum Gasteiger partial charge on any atom is 0.166 e. The molecular weight excluding hydrogens is 356 g/mol. The summed E-state index contributed by atoms with van der Waals surface area (Å²) in [5, 5.41) is 5.42. The number of allylic oxidation sites excluding steroid dienone is 1. The molecule has 5 heteroatoms. The molecule has 2 aliphatic heterocycles. The highest BCUT2D eigenvalue weighted by Gasteiger charge is 2.29. The Labute approximate surface area is 162 Å². The normalized spacial score (nSPS) is 17.9. The van der Waals surface area contributed by atoms with E-state index in [-0.39, 0.29) is 6.04 Å². The lowest BCUT2D eigenvalue weighted by molar-refractivity contribution is 0.764. The number of benzene rings is 2. The van der Waals surface area contributed by atoms with E-state index in [1.54, 1.807) is 0 Å². The summed E-state index contributed by atoms with van der Waals surface area (Å²) in [5.41, 5.74) is 5.44. The second-order valence-corrected chi connectivity index (χ2v) is 7.12. The predicted molar refractivity (Wildman–Crippen MR) is 111 cm³/mol. The Balaban J connectivity index is 1.67. The van der Waals surface area contributed by atoms with Gasteiger partial charge in [-0.15, -0.1) is 0 Å². The van der Waals surface area contributed by atoms with E-state index in [4.69, 9.17) is 21.7 Å². The van der Waals surface area contributed by atoms with Gasteiger partial charge in [0.2, 0.25) is 0 Å². The minimum atomic E-state index is -0.0154. The van der Waals surface area contributed by atoms with Crippen molar-refractivity contribution < 1.29 is 0 Å². The summed E-state index contributed by atoms with van der Waals surface area (Å²) in [7, 11) is 1.94. The van der Waals surface area contributed by atoms with Crippen molar-refractivity contribution in [1.82, 2.24) is 9.78 Å². The zero-order chi connectivity index (χ0) is 18.4. The number of anilines is 2. The van der Waals surface area contributed by atoms with E-state index in [9.17, 15) is 0 Å². The van der Waals surface area contributed by atoms with Gasteiger partial charge >= 0.3 is 0 Å². The summed E-state index contributed by atoms with van der Waals surface area (Å²) in [6, 6.07) is 18.2. The minimum Gasteiger partial charge on any atom is -0.293 e.